The Kier molecular flexibility index (Phi) is 3.69. The summed E-state index contributed by atoms with van der Waals surface area (Å²) < 4.78 is 11.2. The fraction of sp³-hybridized carbons (Fsp3) is 0.688. The van der Waals surface area contributed by atoms with Crippen LogP contribution in [0.4, 0.5) is 5.82 Å². The molecule has 4 rings (SSSR count). The van der Waals surface area contributed by atoms with E-state index in [-0.39, 0.29) is 0 Å². The van der Waals surface area contributed by atoms with Gasteiger partial charge in [0.2, 0.25) is 0 Å². The smallest absolute Gasteiger partial charge is 0.263 e. The Morgan fingerprint density at radius 3 is 3.00 bits per heavy atom. The lowest BCUT2D eigenvalue weighted by Gasteiger charge is -2.36. The SMILES string of the molecule is Cc1noc2ncnc(N[C@H]3C[C@H]4CO[C@H](C(C)C)CN4C3)c12. The van der Waals surface area contributed by atoms with Crippen LogP contribution in [0.3, 0.4) is 0 Å². The molecule has 0 bridgehead atoms. The number of ether oxygens (including phenoxy) is 1. The summed E-state index contributed by atoms with van der Waals surface area (Å²) in [6.45, 7) is 9.23. The lowest BCUT2D eigenvalue weighted by atomic mass is 10.0. The van der Waals surface area contributed by atoms with Crippen LogP contribution < -0.4 is 5.32 Å². The average Bonchev–Trinajstić information content (AvgIpc) is 3.10. The minimum Gasteiger partial charge on any atom is -0.375 e. The first-order valence-electron chi connectivity index (χ1n) is 8.31. The molecule has 0 aliphatic carbocycles. The van der Waals surface area contributed by atoms with E-state index in [0.29, 0.717) is 29.8 Å². The van der Waals surface area contributed by atoms with Crippen LogP contribution >= 0.6 is 0 Å². The van der Waals surface area contributed by atoms with Crippen molar-refractivity contribution < 1.29 is 9.26 Å². The van der Waals surface area contributed by atoms with E-state index in [1.165, 1.54) is 6.33 Å². The summed E-state index contributed by atoms with van der Waals surface area (Å²) in [5, 5.41) is 8.43. The van der Waals surface area contributed by atoms with E-state index >= 15 is 0 Å². The van der Waals surface area contributed by atoms with E-state index in [4.69, 9.17) is 9.26 Å². The molecule has 2 fully saturated rings. The predicted octanol–water partition coefficient (Wildman–Crippen LogP) is 1.84. The third-order valence-corrected chi connectivity index (χ3v) is 4.97. The van der Waals surface area contributed by atoms with Crippen molar-refractivity contribution in [3.05, 3.63) is 12.0 Å². The zero-order chi connectivity index (χ0) is 16.0. The van der Waals surface area contributed by atoms with Crippen LogP contribution in [0.1, 0.15) is 26.0 Å². The van der Waals surface area contributed by atoms with Gasteiger partial charge in [-0.2, -0.15) is 4.98 Å². The molecule has 2 aromatic heterocycles. The molecule has 0 saturated carbocycles. The molecule has 0 radical (unpaired) electrons. The molecule has 2 aliphatic rings. The number of aryl methyl sites for hydroxylation is 1. The first kappa shape index (κ1) is 14.8. The van der Waals surface area contributed by atoms with Crippen LogP contribution in [0.5, 0.6) is 0 Å². The summed E-state index contributed by atoms with van der Waals surface area (Å²) in [4.78, 5) is 11.1. The topological polar surface area (TPSA) is 76.3 Å². The molecule has 23 heavy (non-hydrogen) atoms. The zero-order valence-corrected chi connectivity index (χ0v) is 13.8. The maximum Gasteiger partial charge on any atom is 0.263 e. The monoisotopic (exact) mass is 317 g/mol. The number of hydrogen-bond donors (Lipinski definition) is 1. The Bertz CT molecular complexity index is 701. The van der Waals surface area contributed by atoms with Crippen molar-refractivity contribution in [2.75, 3.05) is 25.0 Å². The van der Waals surface area contributed by atoms with E-state index < -0.39 is 0 Å². The molecule has 124 valence electrons. The molecule has 2 aliphatic heterocycles. The molecule has 0 amide bonds. The first-order chi connectivity index (χ1) is 11.1. The molecular weight excluding hydrogens is 294 g/mol. The lowest BCUT2D eigenvalue weighted by Crippen LogP contribution is -2.48. The highest BCUT2D eigenvalue weighted by atomic mass is 16.5. The Morgan fingerprint density at radius 1 is 1.30 bits per heavy atom. The van der Waals surface area contributed by atoms with Crippen molar-refractivity contribution in [3.63, 3.8) is 0 Å². The summed E-state index contributed by atoms with van der Waals surface area (Å²) in [6.07, 6.45) is 2.94. The van der Waals surface area contributed by atoms with E-state index in [9.17, 15) is 0 Å². The first-order valence-corrected chi connectivity index (χ1v) is 8.31. The van der Waals surface area contributed by atoms with Crippen molar-refractivity contribution in [1.29, 1.82) is 0 Å². The quantitative estimate of drug-likeness (QED) is 0.925. The van der Waals surface area contributed by atoms with E-state index in [0.717, 1.165) is 43.0 Å². The van der Waals surface area contributed by atoms with Gasteiger partial charge in [0.25, 0.3) is 5.71 Å². The van der Waals surface area contributed by atoms with Crippen LogP contribution in [0.2, 0.25) is 0 Å². The Labute approximate surface area is 135 Å². The minimum absolute atomic E-state index is 0.344. The molecule has 3 atom stereocenters. The standard InChI is InChI=1S/C16H23N5O2/c1-9(2)13-6-21-5-11(4-12(21)7-22-13)19-15-14-10(3)20-23-16(14)18-8-17-15/h8-9,11-13H,4-7H2,1-3H3,(H,17,18,19)/t11-,12-,13-/m0/s1. The predicted molar refractivity (Wildman–Crippen MR) is 86.3 cm³/mol. The molecule has 7 nitrogen and oxygen atoms in total. The summed E-state index contributed by atoms with van der Waals surface area (Å²) >= 11 is 0. The lowest BCUT2D eigenvalue weighted by molar-refractivity contribution is -0.0683. The summed E-state index contributed by atoms with van der Waals surface area (Å²) in [5.74, 6) is 1.38. The molecule has 1 N–H and O–H groups in total. The van der Waals surface area contributed by atoms with Crippen molar-refractivity contribution in [3.8, 4) is 0 Å². The number of anilines is 1. The fourth-order valence-electron chi connectivity index (χ4n) is 3.63. The number of hydrogen-bond acceptors (Lipinski definition) is 7. The van der Waals surface area contributed by atoms with Crippen LogP contribution in [-0.2, 0) is 4.74 Å². The van der Waals surface area contributed by atoms with Crippen molar-refractivity contribution in [1.82, 2.24) is 20.0 Å². The van der Waals surface area contributed by atoms with E-state index in [2.05, 4.69) is 39.2 Å². The summed E-state index contributed by atoms with van der Waals surface area (Å²) in [5.41, 5.74) is 1.36. The zero-order valence-electron chi connectivity index (χ0n) is 13.8. The number of nitrogens with zero attached hydrogens (tertiary/aromatic N) is 4. The van der Waals surface area contributed by atoms with Gasteiger partial charge >= 0.3 is 0 Å². The van der Waals surface area contributed by atoms with Crippen molar-refractivity contribution >= 4 is 16.9 Å². The van der Waals surface area contributed by atoms with Crippen LogP contribution in [-0.4, -0.2) is 57.9 Å². The second kappa shape index (κ2) is 5.72. The van der Waals surface area contributed by atoms with Crippen LogP contribution in [0.15, 0.2) is 10.9 Å². The maximum atomic E-state index is 6.01. The molecule has 2 aromatic rings. The molecular formula is C16H23N5O2. The van der Waals surface area contributed by atoms with E-state index in [1.807, 2.05) is 6.92 Å². The Hall–Kier alpha value is -1.73. The van der Waals surface area contributed by atoms with Gasteiger partial charge in [-0.3, -0.25) is 4.90 Å². The molecule has 0 aromatic carbocycles. The maximum absolute atomic E-state index is 6.01. The number of fused-ring (bicyclic) bond motifs is 2. The van der Waals surface area contributed by atoms with Crippen molar-refractivity contribution in [2.24, 2.45) is 5.92 Å². The molecule has 0 unspecified atom stereocenters. The van der Waals surface area contributed by atoms with Gasteiger partial charge in [-0.25, -0.2) is 4.98 Å². The largest absolute Gasteiger partial charge is 0.375 e. The highest BCUT2D eigenvalue weighted by Crippen LogP contribution is 2.29. The highest BCUT2D eigenvalue weighted by molar-refractivity contribution is 5.87. The highest BCUT2D eigenvalue weighted by Gasteiger charge is 2.38. The van der Waals surface area contributed by atoms with Crippen LogP contribution in [0.25, 0.3) is 11.1 Å². The molecule has 2 saturated heterocycles. The van der Waals surface area contributed by atoms with Gasteiger partial charge < -0.3 is 14.6 Å². The van der Waals surface area contributed by atoms with Gasteiger partial charge in [0, 0.05) is 25.2 Å². The van der Waals surface area contributed by atoms with Gasteiger partial charge in [-0.15, -0.1) is 0 Å². The minimum atomic E-state index is 0.344. The van der Waals surface area contributed by atoms with Gasteiger partial charge in [0.1, 0.15) is 17.5 Å². The fourth-order valence-corrected chi connectivity index (χ4v) is 3.63. The Morgan fingerprint density at radius 2 is 2.17 bits per heavy atom. The normalized spacial score (nSPS) is 28.4. The third kappa shape index (κ3) is 2.68. The number of morpholine rings is 1. The van der Waals surface area contributed by atoms with Gasteiger partial charge in [-0.05, 0) is 19.3 Å². The summed E-state index contributed by atoms with van der Waals surface area (Å²) in [6, 6.07) is 0.866. The van der Waals surface area contributed by atoms with E-state index in [1.54, 1.807) is 0 Å². The number of nitrogens with one attached hydrogen (secondary N) is 1. The summed E-state index contributed by atoms with van der Waals surface area (Å²) in [7, 11) is 0. The molecule has 7 heteroatoms. The second-order valence-electron chi connectivity index (χ2n) is 6.97. The second-order valence-corrected chi connectivity index (χ2v) is 6.97. The average molecular weight is 317 g/mol. The molecule has 4 heterocycles. The Balaban J connectivity index is 1.49. The van der Waals surface area contributed by atoms with Crippen LogP contribution in [0, 0.1) is 12.8 Å². The van der Waals surface area contributed by atoms with Gasteiger partial charge in [-0.1, -0.05) is 19.0 Å². The van der Waals surface area contributed by atoms with Crippen molar-refractivity contribution in [2.45, 2.75) is 45.4 Å². The van der Waals surface area contributed by atoms with Gasteiger partial charge in [0.05, 0.1) is 18.4 Å². The third-order valence-electron chi connectivity index (χ3n) is 4.97. The number of rotatable bonds is 3. The molecule has 0 spiro atoms. The van der Waals surface area contributed by atoms with Gasteiger partial charge in [0.15, 0.2) is 0 Å². The number of aromatic nitrogens is 3.